The molecule has 0 aliphatic heterocycles. The summed E-state index contributed by atoms with van der Waals surface area (Å²) in [7, 11) is -0.900. The molecule has 0 aliphatic carbocycles. The molecule has 0 fully saturated rings. The molecule has 0 aromatic carbocycles. The molecule has 0 radical (unpaired) electrons. The Morgan fingerprint density at radius 3 is 1.32 bits per heavy atom. The van der Waals surface area contributed by atoms with E-state index in [9.17, 15) is 0 Å². The van der Waals surface area contributed by atoms with Gasteiger partial charge in [-0.25, -0.2) is 0 Å². The largest absolute Gasteiger partial charge is 0.396 e. The van der Waals surface area contributed by atoms with Gasteiger partial charge in [-0.1, -0.05) is 116 Å². The van der Waals surface area contributed by atoms with Crippen molar-refractivity contribution in [1.82, 2.24) is 0 Å². The van der Waals surface area contributed by atoms with Crippen LogP contribution >= 0.6 is 0 Å². The Balaban J connectivity index is 3.34. The van der Waals surface area contributed by atoms with Crippen LogP contribution in [0.25, 0.3) is 0 Å². The number of unbranched alkanes of at least 4 members (excludes halogenated alkanes) is 12. The standard InChI is InChI=1S/C20H44OSi/c1-4-5-6-7-8-10-13-16-19-22(2,3)20-17-14-11-9-12-15-18-21/h21H,4-20H2,1-3H3. The molecule has 1 nitrogen and oxygen atoms in total. The Labute approximate surface area is 142 Å². The lowest BCUT2D eigenvalue weighted by atomic mass is 10.1. The highest BCUT2D eigenvalue weighted by Gasteiger charge is 2.18. The van der Waals surface area contributed by atoms with Gasteiger partial charge < -0.3 is 5.11 Å². The average molecular weight is 329 g/mol. The van der Waals surface area contributed by atoms with Crippen molar-refractivity contribution in [3.05, 3.63) is 0 Å². The van der Waals surface area contributed by atoms with Crippen molar-refractivity contribution in [1.29, 1.82) is 0 Å². The van der Waals surface area contributed by atoms with Crippen LogP contribution in [-0.2, 0) is 0 Å². The number of hydrogen-bond acceptors (Lipinski definition) is 1. The summed E-state index contributed by atoms with van der Waals surface area (Å²) >= 11 is 0. The van der Waals surface area contributed by atoms with Crippen LogP contribution in [0.2, 0.25) is 25.2 Å². The molecule has 0 aromatic heterocycles. The van der Waals surface area contributed by atoms with Crippen molar-refractivity contribution >= 4 is 8.07 Å². The molecule has 134 valence electrons. The van der Waals surface area contributed by atoms with Gasteiger partial charge in [-0.2, -0.15) is 0 Å². The summed E-state index contributed by atoms with van der Waals surface area (Å²) in [6.07, 6.45) is 19.4. The number of aliphatic hydroxyl groups is 1. The van der Waals surface area contributed by atoms with Crippen LogP contribution in [0.5, 0.6) is 0 Å². The first-order valence-corrected chi connectivity index (χ1v) is 13.6. The van der Waals surface area contributed by atoms with Crippen molar-refractivity contribution in [2.75, 3.05) is 6.61 Å². The summed E-state index contributed by atoms with van der Waals surface area (Å²) in [5.41, 5.74) is 0. The molecule has 0 heterocycles. The van der Waals surface area contributed by atoms with E-state index in [4.69, 9.17) is 5.11 Å². The minimum Gasteiger partial charge on any atom is -0.396 e. The monoisotopic (exact) mass is 328 g/mol. The van der Waals surface area contributed by atoms with E-state index in [1.807, 2.05) is 0 Å². The minimum absolute atomic E-state index is 0.374. The van der Waals surface area contributed by atoms with Crippen LogP contribution in [0.15, 0.2) is 0 Å². The van der Waals surface area contributed by atoms with E-state index in [-0.39, 0.29) is 0 Å². The molecule has 0 unspecified atom stereocenters. The van der Waals surface area contributed by atoms with Gasteiger partial charge in [-0.3, -0.25) is 0 Å². The molecule has 0 saturated carbocycles. The number of hydrogen-bond donors (Lipinski definition) is 1. The molecule has 0 aromatic rings. The van der Waals surface area contributed by atoms with Gasteiger partial charge >= 0.3 is 0 Å². The molecule has 1 N–H and O–H groups in total. The summed E-state index contributed by atoms with van der Waals surface area (Å²) in [5, 5.41) is 8.76. The summed E-state index contributed by atoms with van der Waals surface area (Å²) in [6.45, 7) is 7.86. The maximum Gasteiger partial charge on any atom is 0.0473 e. The van der Waals surface area contributed by atoms with Crippen molar-refractivity contribution in [3.8, 4) is 0 Å². The van der Waals surface area contributed by atoms with Gasteiger partial charge in [-0.15, -0.1) is 0 Å². The quantitative estimate of drug-likeness (QED) is 0.222. The maximum atomic E-state index is 8.76. The summed E-state index contributed by atoms with van der Waals surface area (Å²) < 4.78 is 0. The van der Waals surface area contributed by atoms with Gasteiger partial charge in [0.1, 0.15) is 0 Å². The Hall–Kier alpha value is 0.177. The molecular weight excluding hydrogens is 284 g/mol. The fourth-order valence-corrected chi connectivity index (χ4v) is 5.95. The first-order valence-electron chi connectivity index (χ1n) is 10.2. The van der Waals surface area contributed by atoms with Crippen molar-refractivity contribution in [2.45, 2.75) is 122 Å². The number of aliphatic hydroxyl groups excluding tert-OH is 1. The Kier molecular flexibility index (Phi) is 16.2. The van der Waals surface area contributed by atoms with E-state index in [2.05, 4.69) is 20.0 Å². The summed E-state index contributed by atoms with van der Waals surface area (Å²) in [6, 6.07) is 3.08. The number of rotatable bonds is 17. The smallest absolute Gasteiger partial charge is 0.0473 e. The zero-order valence-corrected chi connectivity index (χ0v) is 17.0. The normalized spacial score (nSPS) is 12.0. The molecule has 2 heteroatoms. The Morgan fingerprint density at radius 1 is 0.545 bits per heavy atom. The highest BCUT2D eigenvalue weighted by molar-refractivity contribution is 6.77. The molecule has 0 aliphatic rings. The molecule has 0 amide bonds. The Morgan fingerprint density at radius 2 is 0.909 bits per heavy atom. The van der Waals surface area contributed by atoms with Crippen LogP contribution in [0, 0.1) is 0 Å². The van der Waals surface area contributed by atoms with Gasteiger partial charge in [0.25, 0.3) is 0 Å². The first kappa shape index (κ1) is 22.2. The first-order chi connectivity index (χ1) is 10.6. The maximum absolute atomic E-state index is 8.76. The van der Waals surface area contributed by atoms with E-state index in [0.29, 0.717) is 6.61 Å². The van der Waals surface area contributed by atoms with Crippen molar-refractivity contribution in [2.24, 2.45) is 0 Å². The van der Waals surface area contributed by atoms with Crippen molar-refractivity contribution in [3.63, 3.8) is 0 Å². The molecule has 0 spiro atoms. The third kappa shape index (κ3) is 16.5. The fourth-order valence-electron chi connectivity index (χ4n) is 3.28. The second-order valence-electron chi connectivity index (χ2n) is 7.98. The zero-order chi connectivity index (χ0) is 16.5. The second-order valence-corrected chi connectivity index (χ2v) is 13.3. The predicted molar refractivity (Wildman–Crippen MR) is 104 cm³/mol. The Bertz CT molecular complexity index is 216. The molecule has 22 heavy (non-hydrogen) atoms. The van der Waals surface area contributed by atoms with E-state index >= 15 is 0 Å². The lowest BCUT2D eigenvalue weighted by Gasteiger charge is -2.22. The predicted octanol–water partition coefficient (Wildman–Crippen LogP) is 7.17. The van der Waals surface area contributed by atoms with Crippen molar-refractivity contribution < 1.29 is 5.11 Å². The minimum atomic E-state index is -0.900. The summed E-state index contributed by atoms with van der Waals surface area (Å²) in [5.74, 6) is 0. The summed E-state index contributed by atoms with van der Waals surface area (Å²) in [4.78, 5) is 0. The molecule has 0 saturated heterocycles. The van der Waals surface area contributed by atoms with Gasteiger partial charge in [0.15, 0.2) is 0 Å². The highest BCUT2D eigenvalue weighted by Crippen LogP contribution is 2.23. The van der Waals surface area contributed by atoms with E-state index in [0.717, 1.165) is 6.42 Å². The van der Waals surface area contributed by atoms with Gasteiger partial charge in [0, 0.05) is 14.7 Å². The molecule has 0 atom stereocenters. The lowest BCUT2D eigenvalue weighted by Crippen LogP contribution is -2.24. The SMILES string of the molecule is CCCCCCCCCC[Si](C)(C)CCCCCCCCO. The highest BCUT2D eigenvalue weighted by atomic mass is 28.3. The van der Waals surface area contributed by atoms with Crippen LogP contribution < -0.4 is 0 Å². The molecule has 0 rings (SSSR count). The van der Waals surface area contributed by atoms with Gasteiger partial charge in [-0.05, 0) is 6.42 Å². The van der Waals surface area contributed by atoms with E-state index < -0.39 is 8.07 Å². The third-order valence-corrected chi connectivity index (χ3v) is 8.38. The van der Waals surface area contributed by atoms with Gasteiger partial charge in [0.2, 0.25) is 0 Å². The topological polar surface area (TPSA) is 20.2 Å². The van der Waals surface area contributed by atoms with Gasteiger partial charge in [0.05, 0.1) is 0 Å². The second kappa shape index (κ2) is 16.0. The zero-order valence-electron chi connectivity index (χ0n) is 16.0. The molecule has 0 bridgehead atoms. The lowest BCUT2D eigenvalue weighted by molar-refractivity contribution is 0.282. The van der Waals surface area contributed by atoms with E-state index in [1.54, 1.807) is 6.04 Å². The average Bonchev–Trinajstić information content (AvgIpc) is 2.49. The van der Waals surface area contributed by atoms with Crippen LogP contribution in [-0.4, -0.2) is 19.8 Å². The fraction of sp³-hybridized carbons (Fsp3) is 1.00. The van der Waals surface area contributed by atoms with Crippen LogP contribution in [0.4, 0.5) is 0 Å². The van der Waals surface area contributed by atoms with Crippen LogP contribution in [0.3, 0.4) is 0 Å². The van der Waals surface area contributed by atoms with Crippen LogP contribution in [0.1, 0.15) is 96.8 Å². The van der Waals surface area contributed by atoms with E-state index in [1.165, 1.54) is 89.5 Å². The molecular formula is C20H44OSi. The third-order valence-electron chi connectivity index (χ3n) is 4.97.